The molecule has 0 radical (unpaired) electrons. The minimum atomic E-state index is 0.638. The minimum absolute atomic E-state index is 0.638. The molecule has 0 aliphatic carbocycles. The SMILES string of the molecule is Cc1cccc(Cc2nnc(CCN)s2)c1. The maximum absolute atomic E-state index is 5.48. The lowest BCUT2D eigenvalue weighted by molar-refractivity contribution is 0.898. The zero-order chi connectivity index (χ0) is 11.4. The molecule has 0 aliphatic heterocycles. The second-order valence-electron chi connectivity index (χ2n) is 3.79. The van der Waals surface area contributed by atoms with Gasteiger partial charge in [-0.15, -0.1) is 21.5 Å². The summed E-state index contributed by atoms with van der Waals surface area (Å²) < 4.78 is 0. The lowest BCUT2D eigenvalue weighted by atomic mass is 10.1. The van der Waals surface area contributed by atoms with Crippen molar-refractivity contribution in [2.45, 2.75) is 19.8 Å². The molecule has 1 heterocycles. The van der Waals surface area contributed by atoms with Gasteiger partial charge >= 0.3 is 0 Å². The summed E-state index contributed by atoms with van der Waals surface area (Å²) in [5.74, 6) is 0. The van der Waals surface area contributed by atoms with E-state index >= 15 is 0 Å². The van der Waals surface area contributed by atoms with Gasteiger partial charge in [0.2, 0.25) is 0 Å². The number of rotatable bonds is 4. The largest absolute Gasteiger partial charge is 0.330 e. The highest BCUT2D eigenvalue weighted by Crippen LogP contribution is 2.15. The highest BCUT2D eigenvalue weighted by atomic mass is 32.1. The summed E-state index contributed by atoms with van der Waals surface area (Å²) in [5.41, 5.74) is 8.05. The molecule has 0 spiro atoms. The van der Waals surface area contributed by atoms with Crippen LogP contribution in [0.25, 0.3) is 0 Å². The van der Waals surface area contributed by atoms with Gasteiger partial charge in [-0.3, -0.25) is 0 Å². The minimum Gasteiger partial charge on any atom is -0.330 e. The van der Waals surface area contributed by atoms with E-state index in [2.05, 4.69) is 41.4 Å². The van der Waals surface area contributed by atoms with Gasteiger partial charge in [-0.2, -0.15) is 0 Å². The third-order valence-corrected chi connectivity index (χ3v) is 3.29. The molecule has 2 N–H and O–H groups in total. The average molecular weight is 233 g/mol. The molecule has 0 aliphatic rings. The van der Waals surface area contributed by atoms with E-state index < -0.39 is 0 Å². The van der Waals surface area contributed by atoms with Crippen LogP contribution in [-0.4, -0.2) is 16.7 Å². The monoisotopic (exact) mass is 233 g/mol. The first-order chi connectivity index (χ1) is 7.78. The van der Waals surface area contributed by atoms with Gasteiger partial charge < -0.3 is 5.73 Å². The normalized spacial score (nSPS) is 10.6. The van der Waals surface area contributed by atoms with Gasteiger partial charge in [-0.1, -0.05) is 29.8 Å². The van der Waals surface area contributed by atoms with E-state index in [1.165, 1.54) is 11.1 Å². The van der Waals surface area contributed by atoms with Gasteiger partial charge in [-0.05, 0) is 19.0 Å². The van der Waals surface area contributed by atoms with Crippen molar-refractivity contribution in [3.8, 4) is 0 Å². The van der Waals surface area contributed by atoms with Gasteiger partial charge in [0.05, 0.1) is 0 Å². The molecule has 0 fully saturated rings. The van der Waals surface area contributed by atoms with Crippen molar-refractivity contribution in [3.63, 3.8) is 0 Å². The lowest BCUT2D eigenvalue weighted by Gasteiger charge is -1.98. The Kier molecular flexibility index (Phi) is 3.64. The molecule has 1 aromatic carbocycles. The molecule has 4 heteroatoms. The van der Waals surface area contributed by atoms with Crippen molar-refractivity contribution >= 4 is 11.3 Å². The molecule has 0 atom stereocenters. The van der Waals surface area contributed by atoms with E-state index in [1.54, 1.807) is 11.3 Å². The Balaban J connectivity index is 2.08. The van der Waals surface area contributed by atoms with Crippen molar-refractivity contribution in [1.82, 2.24) is 10.2 Å². The highest BCUT2D eigenvalue weighted by molar-refractivity contribution is 7.11. The average Bonchev–Trinajstić information content (AvgIpc) is 2.66. The first-order valence-electron chi connectivity index (χ1n) is 5.35. The molecule has 0 unspecified atom stereocenters. The fourth-order valence-electron chi connectivity index (χ4n) is 1.58. The van der Waals surface area contributed by atoms with Crippen molar-refractivity contribution in [2.75, 3.05) is 6.54 Å². The maximum atomic E-state index is 5.48. The standard InChI is InChI=1S/C12H15N3S/c1-9-3-2-4-10(7-9)8-12-15-14-11(16-12)5-6-13/h2-4,7H,5-6,8,13H2,1H3. The Labute approximate surface area is 99.3 Å². The Morgan fingerprint density at radius 3 is 2.81 bits per heavy atom. The van der Waals surface area contributed by atoms with E-state index in [0.717, 1.165) is 22.9 Å². The van der Waals surface area contributed by atoms with E-state index in [1.807, 2.05) is 0 Å². The van der Waals surface area contributed by atoms with Crippen LogP contribution >= 0.6 is 11.3 Å². The fraction of sp³-hybridized carbons (Fsp3) is 0.333. The summed E-state index contributed by atoms with van der Waals surface area (Å²) in [5, 5.41) is 10.4. The molecular formula is C12H15N3S. The quantitative estimate of drug-likeness (QED) is 0.878. The molecule has 0 saturated carbocycles. The Morgan fingerprint density at radius 2 is 2.06 bits per heavy atom. The first kappa shape index (κ1) is 11.2. The van der Waals surface area contributed by atoms with Gasteiger partial charge in [0.1, 0.15) is 10.0 Å². The summed E-state index contributed by atoms with van der Waals surface area (Å²) in [6.07, 6.45) is 1.69. The van der Waals surface area contributed by atoms with Crippen LogP contribution in [0.4, 0.5) is 0 Å². The highest BCUT2D eigenvalue weighted by Gasteiger charge is 2.04. The van der Waals surface area contributed by atoms with Crippen LogP contribution in [0.3, 0.4) is 0 Å². The van der Waals surface area contributed by atoms with E-state index in [-0.39, 0.29) is 0 Å². The van der Waals surface area contributed by atoms with Crippen molar-refractivity contribution < 1.29 is 0 Å². The third-order valence-electron chi connectivity index (χ3n) is 2.30. The molecular weight excluding hydrogens is 218 g/mol. The van der Waals surface area contributed by atoms with Crippen LogP contribution in [0, 0.1) is 6.92 Å². The topological polar surface area (TPSA) is 51.8 Å². The Morgan fingerprint density at radius 1 is 1.25 bits per heavy atom. The molecule has 0 bridgehead atoms. The molecule has 2 rings (SSSR count). The van der Waals surface area contributed by atoms with Crippen molar-refractivity contribution in [2.24, 2.45) is 5.73 Å². The zero-order valence-corrected chi connectivity index (χ0v) is 10.1. The smallest absolute Gasteiger partial charge is 0.121 e. The van der Waals surface area contributed by atoms with E-state index in [9.17, 15) is 0 Å². The van der Waals surface area contributed by atoms with E-state index in [4.69, 9.17) is 5.73 Å². The molecule has 84 valence electrons. The van der Waals surface area contributed by atoms with Gasteiger partial charge in [0, 0.05) is 12.8 Å². The summed E-state index contributed by atoms with van der Waals surface area (Å²) >= 11 is 1.66. The van der Waals surface area contributed by atoms with Crippen LogP contribution in [0.5, 0.6) is 0 Å². The number of benzene rings is 1. The number of aryl methyl sites for hydroxylation is 1. The molecule has 1 aromatic heterocycles. The number of aromatic nitrogens is 2. The van der Waals surface area contributed by atoms with Crippen LogP contribution in [0.15, 0.2) is 24.3 Å². The maximum Gasteiger partial charge on any atom is 0.121 e. The lowest BCUT2D eigenvalue weighted by Crippen LogP contribution is -2.01. The predicted molar refractivity (Wildman–Crippen MR) is 66.7 cm³/mol. The van der Waals surface area contributed by atoms with Crippen LogP contribution in [0.1, 0.15) is 21.1 Å². The van der Waals surface area contributed by atoms with Gasteiger partial charge in [-0.25, -0.2) is 0 Å². The molecule has 3 nitrogen and oxygen atoms in total. The van der Waals surface area contributed by atoms with Crippen molar-refractivity contribution in [3.05, 3.63) is 45.4 Å². The van der Waals surface area contributed by atoms with Crippen LogP contribution in [0.2, 0.25) is 0 Å². The van der Waals surface area contributed by atoms with Crippen LogP contribution < -0.4 is 5.73 Å². The third kappa shape index (κ3) is 2.87. The molecule has 0 amide bonds. The molecule has 0 saturated heterocycles. The number of nitrogens with zero attached hydrogens (tertiary/aromatic N) is 2. The van der Waals surface area contributed by atoms with Gasteiger partial charge in [0.15, 0.2) is 0 Å². The number of hydrogen-bond donors (Lipinski definition) is 1. The number of hydrogen-bond acceptors (Lipinski definition) is 4. The summed E-state index contributed by atoms with van der Waals surface area (Å²) in [6, 6.07) is 8.48. The predicted octanol–water partition coefficient (Wildman–Crippen LogP) is 1.94. The van der Waals surface area contributed by atoms with Crippen LogP contribution in [-0.2, 0) is 12.8 Å². The van der Waals surface area contributed by atoms with Gasteiger partial charge in [0.25, 0.3) is 0 Å². The zero-order valence-electron chi connectivity index (χ0n) is 9.31. The Hall–Kier alpha value is -1.26. The summed E-state index contributed by atoms with van der Waals surface area (Å²) in [4.78, 5) is 0. The second kappa shape index (κ2) is 5.18. The fourth-order valence-corrected chi connectivity index (χ4v) is 2.48. The summed E-state index contributed by atoms with van der Waals surface area (Å²) in [6.45, 7) is 2.74. The summed E-state index contributed by atoms with van der Waals surface area (Å²) in [7, 11) is 0. The molecule has 2 aromatic rings. The second-order valence-corrected chi connectivity index (χ2v) is 4.94. The van der Waals surface area contributed by atoms with E-state index in [0.29, 0.717) is 6.54 Å². The Bertz CT molecular complexity index is 465. The number of nitrogens with two attached hydrogens (primary N) is 1. The molecule has 16 heavy (non-hydrogen) atoms. The first-order valence-corrected chi connectivity index (χ1v) is 6.16. The van der Waals surface area contributed by atoms with Crippen molar-refractivity contribution in [1.29, 1.82) is 0 Å².